The highest BCUT2D eigenvalue weighted by Gasteiger charge is 2.28. The van der Waals surface area contributed by atoms with Crippen molar-refractivity contribution in [2.75, 3.05) is 7.11 Å². The van der Waals surface area contributed by atoms with Crippen molar-refractivity contribution in [2.45, 2.75) is 32.0 Å². The number of methoxy groups -OCH3 is 1. The summed E-state index contributed by atoms with van der Waals surface area (Å²) in [6, 6.07) is 8.05. The number of benzene rings is 1. The molecule has 0 radical (unpaired) electrons. The van der Waals surface area contributed by atoms with Crippen LogP contribution in [0.2, 0.25) is 0 Å². The number of carbonyl (C=O) groups excluding carboxylic acids is 2. The lowest BCUT2D eigenvalue weighted by atomic mass is 9.91. The van der Waals surface area contributed by atoms with Gasteiger partial charge in [-0.2, -0.15) is 0 Å². The fraction of sp³-hybridized carbons (Fsp3) is 0.333. The van der Waals surface area contributed by atoms with Gasteiger partial charge in [-0.3, -0.25) is 14.9 Å². The van der Waals surface area contributed by atoms with Crippen LogP contribution in [-0.4, -0.2) is 18.9 Å². The Balaban J connectivity index is 1.65. The summed E-state index contributed by atoms with van der Waals surface area (Å²) in [5, 5.41) is 6.23. The average Bonchev–Trinajstić information content (AvgIpc) is 3.02. The highest BCUT2D eigenvalue weighted by molar-refractivity contribution is 7.08. The maximum atomic E-state index is 11.6. The Bertz CT molecular complexity index is 707. The van der Waals surface area contributed by atoms with E-state index in [9.17, 15) is 9.59 Å². The Morgan fingerprint density at radius 3 is 2.29 bits per heavy atom. The van der Waals surface area contributed by atoms with E-state index >= 15 is 0 Å². The molecule has 24 heavy (non-hydrogen) atoms. The summed E-state index contributed by atoms with van der Waals surface area (Å²) in [6.45, 7) is 1.04. The van der Waals surface area contributed by atoms with Crippen molar-refractivity contribution in [2.24, 2.45) is 0 Å². The topological polar surface area (TPSA) is 64.6 Å². The van der Waals surface area contributed by atoms with Crippen molar-refractivity contribution in [1.82, 2.24) is 5.32 Å². The van der Waals surface area contributed by atoms with E-state index in [0.717, 1.165) is 22.4 Å². The summed E-state index contributed by atoms with van der Waals surface area (Å²) >= 11 is 1.52. The zero-order valence-electron chi connectivity index (χ0n) is 13.4. The molecule has 1 saturated heterocycles. The lowest BCUT2D eigenvalue weighted by Gasteiger charge is -2.21. The summed E-state index contributed by atoms with van der Waals surface area (Å²) in [7, 11) is 1.67. The normalized spacial score (nSPS) is 15.4. The van der Waals surface area contributed by atoms with Gasteiger partial charge in [-0.15, -0.1) is 11.3 Å². The number of thiophene rings is 1. The van der Waals surface area contributed by atoms with E-state index < -0.39 is 0 Å². The van der Waals surface area contributed by atoms with Crippen molar-refractivity contribution in [3.63, 3.8) is 0 Å². The molecule has 1 aromatic carbocycles. The van der Waals surface area contributed by atoms with Crippen LogP contribution in [0.15, 0.2) is 35.0 Å². The SMILES string of the molecule is COCc1ccc(COc2cscc2C2CC(=O)NC(=O)C2)cc1. The van der Waals surface area contributed by atoms with Gasteiger partial charge in [0.15, 0.2) is 0 Å². The number of imide groups is 1. The third-order valence-electron chi connectivity index (χ3n) is 3.97. The van der Waals surface area contributed by atoms with E-state index in [1.54, 1.807) is 7.11 Å². The van der Waals surface area contributed by atoms with Crippen LogP contribution in [0.4, 0.5) is 0 Å². The molecule has 0 bridgehead atoms. The Hall–Kier alpha value is -2.18. The van der Waals surface area contributed by atoms with Gasteiger partial charge in [0.25, 0.3) is 0 Å². The van der Waals surface area contributed by atoms with Gasteiger partial charge in [0.2, 0.25) is 11.8 Å². The van der Waals surface area contributed by atoms with Gasteiger partial charge in [-0.1, -0.05) is 24.3 Å². The number of hydrogen-bond donors (Lipinski definition) is 1. The summed E-state index contributed by atoms with van der Waals surface area (Å²) < 4.78 is 11.0. The van der Waals surface area contributed by atoms with E-state index in [-0.39, 0.29) is 17.7 Å². The molecule has 0 aliphatic carbocycles. The molecule has 6 heteroatoms. The number of rotatable bonds is 6. The van der Waals surface area contributed by atoms with Crippen LogP contribution >= 0.6 is 11.3 Å². The van der Waals surface area contributed by atoms with E-state index in [0.29, 0.717) is 26.1 Å². The van der Waals surface area contributed by atoms with Gasteiger partial charge in [0.1, 0.15) is 12.4 Å². The third kappa shape index (κ3) is 4.01. The minimum atomic E-state index is -0.220. The zero-order valence-corrected chi connectivity index (χ0v) is 14.2. The zero-order chi connectivity index (χ0) is 16.9. The molecule has 0 unspecified atom stereocenters. The smallest absolute Gasteiger partial charge is 0.227 e. The second-order valence-electron chi connectivity index (χ2n) is 5.81. The number of ether oxygens (including phenoxy) is 2. The van der Waals surface area contributed by atoms with Crippen LogP contribution in [0.1, 0.15) is 35.4 Å². The molecule has 2 aromatic rings. The Labute approximate surface area is 144 Å². The molecule has 2 amide bonds. The first-order valence-corrected chi connectivity index (χ1v) is 8.68. The number of carbonyl (C=O) groups is 2. The fourth-order valence-electron chi connectivity index (χ4n) is 2.77. The van der Waals surface area contributed by atoms with Crippen LogP contribution < -0.4 is 10.1 Å². The predicted octanol–water partition coefficient (Wildman–Crippen LogP) is 2.99. The van der Waals surface area contributed by atoms with E-state index in [4.69, 9.17) is 9.47 Å². The first-order valence-electron chi connectivity index (χ1n) is 7.74. The summed E-state index contributed by atoms with van der Waals surface area (Å²) in [5.74, 6) is 0.217. The number of hydrogen-bond acceptors (Lipinski definition) is 5. The lowest BCUT2D eigenvalue weighted by molar-refractivity contribution is -0.133. The van der Waals surface area contributed by atoms with Crippen LogP contribution in [0, 0.1) is 0 Å². The third-order valence-corrected chi connectivity index (χ3v) is 4.71. The minimum absolute atomic E-state index is 0.100. The van der Waals surface area contributed by atoms with Crippen molar-refractivity contribution in [3.8, 4) is 5.75 Å². The maximum Gasteiger partial charge on any atom is 0.227 e. The number of amides is 2. The first-order chi connectivity index (χ1) is 11.7. The van der Waals surface area contributed by atoms with E-state index in [1.807, 2.05) is 35.0 Å². The van der Waals surface area contributed by atoms with Gasteiger partial charge in [0, 0.05) is 36.8 Å². The molecule has 1 N–H and O–H groups in total. The van der Waals surface area contributed by atoms with Crippen molar-refractivity contribution < 1.29 is 19.1 Å². The summed E-state index contributed by atoms with van der Waals surface area (Å²) in [5.41, 5.74) is 3.12. The molecule has 1 aliphatic rings. The molecule has 0 saturated carbocycles. The number of piperidine rings is 1. The molecule has 0 atom stereocenters. The predicted molar refractivity (Wildman–Crippen MR) is 90.9 cm³/mol. The van der Waals surface area contributed by atoms with E-state index in [2.05, 4.69) is 5.32 Å². The molecule has 3 rings (SSSR count). The average molecular weight is 345 g/mol. The van der Waals surface area contributed by atoms with E-state index in [1.165, 1.54) is 11.3 Å². The summed E-state index contributed by atoms with van der Waals surface area (Å²) in [4.78, 5) is 23.2. The molecule has 2 heterocycles. The molecule has 126 valence electrons. The van der Waals surface area contributed by atoms with Crippen LogP contribution in [0.5, 0.6) is 5.75 Å². The molecule has 1 fully saturated rings. The largest absolute Gasteiger partial charge is 0.488 e. The second kappa shape index (κ2) is 7.59. The number of nitrogens with one attached hydrogen (secondary N) is 1. The van der Waals surface area contributed by atoms with Gasteiger partial charge in [0.05, 0.1) is 6.61 Å². The second-order valence-corrected chi connectivity index (χ2v) is 6.55. The van der Waals surface area contributed by atoms with Gasteiger partial charge < -0.3 is 9.47 Å². The molecular weight excluding hydrogens is 326 g/mol. The summed E-state index contributed by atoms with van der Waals surface area (Å²) in [6.07, 6.45) is 0.648. The molecule has 5 nitrogen and oxygen atoms in total. The van der Waals surface area contributed by atoms with Gasteiger partial charge >= 0.3 is 0 Å². The van der Waals surface area contributed by atoms with Crippen molar-refractivity contribution in [1.29, 1.82) is 0 Å². The van der Waals surface area contributed by atoms with Crippen LogP contribution in [-0.2, 0) is 27.5 Å². The molecule has 0 spiro atoms. The quantitative estimate of drug-likeness (QED) is 0.818. The lowest BCUT2D eigenvalue weighted by Crippen LogP contribution is -2.37. The molecular formula is C18H19NO4S. The monoisotopic (exact) mass is 345 g/mol. The van der Waals surface area contributed by atoms with Crippen LogP contribution in [0.25, 0.3) is 0 Å². The van der Waals surface area contributed by atoms with Gasteiger partial charge in [-0.25, -0.2) is 0 Å². The van der Waals surface area contributed by atoms with Crippen LogP contribution in [0.3, 0.4) is 0 Å². The standard InChI is InChI=1S/C18H19NO4S/c1-22-8-12-2-4-13(5-3-12)9-23-16-11-24-10-15(16)14-6-17(20)19-18(21)7-14/h2-5,10-11,14H,6-9H2,1H3,(H,19,20,21). The fourth-order valence-corrected chi connectivity index (χ4v) is 3.62. The highest BCUT2D eigenvalue weighted by Crippen LogP contribution is 2.36. The molecule has 1 aliphatic heterocycles. The highest BCUT2D eigenvalue weighted by atomic mass is 32.1. The Morgan fingerprint density at radius 2 is 1.67 bits per heavy atom. The minimum Gasteiger partial charge on any atom is -0.488 e. The Kier molecular flexibility index (Phi) is 5.27. The first kappa shape index (κ1) is 16.7. The Morgan fingerprint density at radius 1 is 1.04 bits per heavy atom. The van der Waals surface area contributed by atoms with Crippen molar-refractivity contribution >= 4 is 23.2 Å². The molecule has 1 aromatic heterocycles. The van der Waals surface area contributed by atoms with Gasteiger partial charge in [-0.05, 0) is 16.5 Å². The van der Waals surface area contributed by atoms with Crippen molar-refractivity contribution in [3.05, 3.63) is 51.7 Å². The maximum absolute atomic E-state index is 11.6.